The first kappa shape index (κ1) is 17.9. The lowest BCUT2D eigenvalue weighted by molar-refractivity contribution is -0.122. The van der Waals surface area contributed by atoms with Crippen LogP contribution in [-0.2, 0) is 16.0 Å². The molecule has 132 valence electrons. The van der Waals surface area contributed by atoms with E-state index in [1.54, 1.807) is 24.3 Å². The minimum absolute atomic E-state index is 0.0419. The number of aromatic hydroxyl groups is 1. The number of amides is 4. The van der Waals surface area contributed by atoms with Gasteiger partial charge in [0.05, 0.1) is 10.2 Å². The smallest absolute Gasteiger partial charge is 0.335 e. The van der Waals surface area contributed by atoms with Crippen molar-refractivity contribution in [1.29, 1.82) is 0 Å². The molecule has 2 aromatic carbocycles. The molecule has 1 aliphatic heterocycles. The minimum Gasteiger partial charge on any atom is -0.507 e. The minimum atomic E-state index is -0.773. The molecule has 0 aliphatic carbocycles. The molecule has 26 heavy (non-hydrogen) atoms. The summed E-state index contributed by atoms with van der Waals surface area (Å²) in [5.74, 6) is -1.40. The summed E-state index contributed by atoms with van der Waals surface area (Å²) in [7, 11) is 0. The molecule has 0 saturated carbocycles. The van der Waals surface area contributed by atoms with Crippen molar-refractivity contribution < 1.29 is 19.5 Å². The second kappa shape index (κ2) is 7.13. The predicted octanol–water partition coefficient (Wildman–Crippen LogP) is 3.38. The number of aryl methyl sites for hydroxylation is 1. The second-order valence-corrected chi connectivity index (χ2v) is 6.51. The van der Waals surface area contributed by atoms with E-state index in [4.69, 9.17) is 0 Å². The molecule has 0 aromatic heterocycles. The van der Waals surface area contributed by atoms with Crippen LogP contribution in [0, 0.1) is 0 Å². The Hall–Kier alpha value is -2.93. The summed E-state index contributed by atoms with van der Waals surface area (Å²) < 4.78 is 0.430. The molecule has 1 heterocycles. The average Bonchev–Trinajstić information content (AvgIpc) is 2.62. The van der Waals surface area contributed by atoms with Gasteiger partial charge >= 0.3 is 6.03 Å². The summed E-state index contributed by atoms with van der Waals surface area (Å²) >= 11 is 3.19. The Kier molecular flexibility index (Phi) is 4.90. The number of nitrogens with zero attached hydrogens (tertiary/aromatic N) is 1. The zero-order valence-electron chi connectivity index (χ0n) is 13.8. The Labute approximate surface area is 158 Å². The summed E-state index contributed by atoms with van der Waals surface area (Å²) in [6.45, 7) is 1.92. The number of anilines is 1. The van der Waals surface area contributed by atoms with Crippen LogP contribution >= 0.6 is 15.9 Å². The number of halogens is 1. The fourth-order valence-corrected chi connectivity index (χ4v) is 3.08. The topological polar surface area (TPSA) is 86.7 Å². The van der Waals surface area contributed by atoms with Crippen molar-refractivity contribution in [3.05, 3.63) is 63.6 Å². The Bertz CT molecular complexity index is 952. The van der Waals surface area contributed by atoms with E-state index in [-0.39, 0.29) is 11.3 Å². The summed E-state index contributed by atoms with van der Waals surface area (Å²) in [6.07, 6.45) is 2.01. The van der Waals surface area contributed by atoms with Crippen LogP contribution in [0.1, 0.15) is 18.1 Å². The highest BCUT2D eigenvalue weighted by Gasteiger charge is 2.37. The fraction of sp³-hybridized carbons (Fsp3) is 0.105. The molecule has 1 aliphatic rings. The quantitative estimate of drug-likeness (QED) is 0.595. The lowest BCUT2D eigenvalue weighted by Crippen LogP contribution is -2.54. The van der Waals surface area contributed by atoms with Crippen LogP contribution < -0.4 is 10.2 Å². The molecule has 0 bridgehead atoms. The Morgan fingerprint density at radius 1 is 1.15 bits per heavy atom. The van der Waals surface area contributed by atoms with E-state index in [0.29, 0.717) is 22.1 Å². The van der Waals surface area contributed by atoms with Crippen LogP contribution in [0.4, 0.5) is 10.5 Å². The number of nitrogens with one attached hydrogen (secondary N) is 1. The van der Waals surface area contributed by atoms with Gasteiger partial charge in [-0.3, -0.25) is 14.9 Å². The van der Waals surface area contributed by atoms with E-state index < -0.39 is 17.8 Å². The molecule has 2 aromatic rings. The van der Waals surface area contributed by atoms with Gasteiger partial charge in [0.15, 0.2) is 0 Å². The number of rotatable bonds is 3. The molecular formula is C19H15BrN2O4. The van der Waals surface area contributed by atoms with Gasteiger partial charge in [-0.25, -0.2) is 9.69 Å². The van der Waals surface area contributed by atoms with Crippen molar-refractivity contribution in [3.63, 3.8) is 0 Å². The number of imide groups is 2. The monoisotopic (exact) mass is 414 g/mol. The first-order valence-electron chi connectivity index (χ1n) is 7.90. The molecule has 6 nitrogen and oxygen atoms in total. The third kappa shape index (κ3) is 3.25. The van der Waals surface area contributed by atoms with Crippen molar-refractivity contribution in [2.24, 2.45) is 0 Å². The Morgan fingerprint density at radius 2 is 1.88 bits per heavy atom. The van der Waals surface area contributed by atoms with Crippen LogP contribution in [-0.4, -0.2) is 23.0 Å². The summed E-state index contributed by atoms with van der Waals surface area (Å²) in [5.41, 5.74) is 1.64. The first-order chi connectivity index (χ1) is 12.4. The van der Waals surface area contributed by atoms with Crippen molar-refractivity contribution in [2.75, 3.05) is 4.90 Å². The maximum atomic E-state index is 12.9. The molecule has 0 spiro atoms. The van der Waals surface area contributed by atoms with Crippen molar-refractivity contribution in [3.8, 4) is 5.75 Å². The summed E-state index contributed by atoms with van der Waals surface area (Å²) in [5, 5.41) is 11.8. The first-order valence-corrected chi connectivity index (χ1v) is 8.69. The van der Waals surface area contributed by atoms with E-state index in [1.807, 2.05) is 19.1 Å². The Balaban J connectivity index is 2.05. The Morgan fingerprint density at radius 3 is 2.58 bits per heavy atom. The molecule has 7 heteroatoms. The lowest BCUT2D eigenvalue weighted by Gasteiger charge is -2.28. The van der Waals surface area contributed by atoms with Gasteiger partial charge in [-0.15, -0.1) is 0 Å². The molecule has 0 radical (unpaired) electrons. The van der Waals surface area contributed by atoms with Crippen molar-refractivity contribution in [1.82, 2.24) is 5.32 Å². The standard InChI is InChI=1S/C19H15BrN2O4/c1-2-12-5-3-4-6-15(12)22-18(25)13(17(24)21-19(22)26)9-11-7-8-16(23)14(20)10-11/h3-10,23H,2H2,1H3,(H,21,24,26)/b13-9-. The molecule has 1 fully saturated rings. The number of phenols is 1. The number of barbiturate groups is 1. The molecule has 3 rings (SSSR count). The number of hydrogen-bond acceptors (Lipinski definition) is 4. The largest absolute Gasteiger partial charge is 0.507 e. The number of carbonyl (C=O) groups is 3. The maximum absolute atomic E-state index is 12.9. The highest BCUT2D eigenvalue weighted by atomic mass is 79.9. The lowest BCUT2D eigenvalue weighted by atomic mass is 10.0. The van der Waals surface area contributed by atoms with Crippen LogP contribution in [0.25, 0.3) is 6.08 Å². The number of carbonyl (C=O) groups excluding carboxylic acids is 3. The van der Waals surface area contributed by atoms with Gasteiger partial charge in [0.2, 0.25) is 0 Å². The normalized spacial score (nSPS) is 16.2. The van der Waals surface area contributed by atoms with E-state index in [2.05, 4.69) is 21.2 Å². The summed E-state index contributed by atoms with van der Waals surface area (Å²) in [4.78, 5) is 38.3. The van der Waals surface area contributed by atoms with E-state index >= 15 is 0 Å². The second-order valence-electron chi connectivity index (χ2n) is 5.65. The third-order valence-corrected chi connectivity index (χ3v) is 4.63. The number of hydrogen-bond donors (Lipinski definition) is 2. The maximum Gasteiger partial charge on any atom is 0.335 e. The molecule has 1 saturated heterocycles. The number of benzene rings is 2. The van der Waals surface area contributed by atoms with Gasteiger partial charge in [0.25, 0.3) is 11.8 Å². The molecule has 4 amide bonds. The van der Waals surface area contributed by atoms with E-state index in [1.165, 1.54) is 12.1 Å². The van der Waals surface area contributed by atoms with Crippen LogP contribution in [0.5, 0.6) is 5.75 Å². The molecular weight excluding hydrogens is 400 g/mol. The van der Waals surface area contributed by atoms with Gasteiger partial charge in [0.1, 0.15) is 11.3 Å². The van der Waals surface area contributed by atoms with E-state index in [9.17, 15) is 19.5 Å². The zero-order valence-corrected chi connectivity index (χ0v) is 15.4. The highest BCUT2D eigenvalue weighted by molar-refractivity contribution is 9.10. The highest BCUT2D eigenvalue weighted by Crippen LogP contribution is 2.28. The van der Waals surface area contributed by atoms with E-state index in [0.717, 1.165) is 10.5 Å². The number of para-hydroxylation sites is 1. The van der Waals surface area contributed by atoms with Crippen LogP contribution in [0.2, 0.25) is 0 Å². The molecule has 2 N–H and O–H groups in total. The SMILES string of the molecule is CCc1ccccc1N1C(=O)NC(=O)/C(=C/c2ccc(O)c(Br)c2)C1=O. The van der Waals surface area contributed by atoms with Gasteiger partial charge in [-0.1, -0.05) is 31.2 Å². The third-order valence-electron chi connectivity index (χ3n) is 4.00. The summed E-state index contributed by atoms with van der Waals surface area (Å²) in [6, 6.07) is 10.9. The van der Waals surface area contributed by atoms with Gasteiger partial charge in [-0.05, 0) is 57.8 Å². The average molecular weight is 415 g/mol. The van der Waals surface area contributed by atoms with Crippen molar-refractivity contribution >= 4 is 45.5 Å². The molecule has 0 atom stereocenters. The van der Waals surface area contributed by atoms with Gasteiger partial charge < -0.3 is 5.11 Å². The van der Waals surface area contributed by atoms with Gasteiger partial charge in [0, 0.05) is 0 Å². The zero-order chi connectivity index (χ0) is 18.8. The van der Waals surface area contributed by atoms with Crippen LogP contribution in [0.15, 0.2) is 52.5 Å². The number of urea groups is 1. The predicted molar refractivity (Wildman–Crippen MR) is 101 cm³/mol. The van der Waals surface area contributed by atoms with Crippen molar-refractivity contribution in [2.45, 2.75) is 13.3 Å². The number of phenolic OH excluding ortho intramolecular Hbond substituents is 1. The molecule has 0 unspecified atom stereocenters. The van der Waals surface area contributed by atoms with Crippen LogP contribution in [0.3, 0.4) is 0 Å². The van der Waals surface area contributed by atoms with Gasteiger partial charge in [-0.2, -0.15) is 0 Å². The fourth-order valence-electron chi connectivity index (χ4n) is 2.68.